The van der Waals surface area contributed by atoms with Crippen molar-refractivity contribution in [3.8, 4) is 11.8 Å². The normalized spacial score (nSPS) is 9.83. The third kappa shape index (κ3) is 4.73. The second kappa shape index (κ2) is 7.99. The summed E-state index contributed by atoms with van der Waals surface area (Å²) >= 11 is 5.75. The van der Waals surface area contributed by atoms with Crippen molar-refractivity contribution in [2.75, 3.05) is 11.9 Å². The Kier molecular flexibility index (Phi) is 5.77. The number of benzene rings is 2. The first-order valence-electron chi connectivity index (χ1n) is 6.91. The van der Waals surface area contributed by atoms with Crippen molar-refractivity contribution in [1.82, 2.24) is 0 Å². The van der Waals surface area contributed by atoms with E-state index in [1.54, 1.807) is 24.3 Å². The van der Waals surface area contributed by atoms with Gasteiger partial charge in [-0.3, -0.25) is 4.79 Å². The molecule has 1 amide bonds. The molecule has 24 heavy (non-hydrogen) atoms. The molecular formula is C17H13ClN2O4. The molecule has 7 heteroatoms. The molecule has 0 saturated carbocycles. The quantitative estimate of drug-likeness (QED) is 0.812. The van der Waals surface area contributed by atoms with Gasteiger partial charge in [-0.05, 0) is 35.9 Å². The van der Waals surface area contributed by atoms with E-state index in [4.69, 9.17) is 21.6 Å². The average Bonchev–Trinajstić information content (AvgIpc) is 2.57. The molecule has 2 aromatic rings. The number of phenols is 1. The minimum atomic E-state index is -0.852. The lowest BCUT2D eigenvalue weighted by Crippen LogP contribution is -2.21. The minimum absolute atomic E-state index is 0.115. The molecule has 0 unspecified atom stereocenters. The predicted molar refractivity (Wildman–Crippen MR) is 87.8 cm³/mol. The molecular weight excluding hydrogens is 332 g/mol. The van der Waals surface area contributed by atoms with Gasteiger partial charge in [-0.25, -0.2) is 4.79 Å². The number of nitrogens with one attached hydrogen (secondary N) is 1. The number of ether oxygens (including phenoxy) is 1. The largest absolute Gasteiger partial charge is 0.507 e. The van der Waals surface area contributed by atoms with Crippen LogP contribution in [0.25, 0.3) is 0 Å². The number of anilines is 1. The number of halogens is 1. The SMILES string of the molecule is N#CCc1ccc(NC(=O)COC(=O)c2cc(Cl)ccc2O)cc1. The molecule has 0 aliphatic rings. The van der Waals surface area contributed by atoms with Gasteiger partial charge < -0.3 is 15.2 Å². The van der Waals surface area contributed by atoms with E-state index in [1.807, 2.05) is 6.07 Å². The van der Waals surface area contributed by atoms with Crippen LogP contribution < -0.4 is 5.32 Å². The fourth-order valence-corrected chi connectivity index (χ4v) is 2.05. The lowest BCUT2D eigenvalue weighted by atomic mass is 10.1. The van der Waals surface area contributed by atoms with Gasteiger partial charge in [-0.15, -0.1) is 0 Å². The Morgan fingerprint density at radius 2 is 1.92 bits per heavy atom. The number of esters is 1. The van der Waals surface area contributed by atoms with Gasteiger partial charge in [0, 0.05) is 10.7 Å². The first kappa shape index (κ1) is 17.3. The van der Waals surface area contributed by atoms with Crippen molar-refractivity contribution in [3.63, 3.8) is 0 Å². The number of carbonyl (C=O) groups excluding carboxylic acids is 2. The molecule has 0 saturated heterocycles. The number of nitriles is 1. The van der Waals surface area contributed by atoms with Crippen molar-refractivity contribution in [2.24, 2.45) is 0 Å². The van der Waals surface area contributed by atoms with Crippen LogP contribution in [0, 0.1) is 11.3 Å². The van der Waals surface area contributed by atoms with E-state index < -0.39 is 18.5 Å². The summed E-state index contributed by atoms with van der Waals surface area (Å²) in [6.07, 6.45) is 0.287. The number of phenolic OH excluding ortho intramolecular Hbond substituents is 1. The van der Waals surface area contributed by atoms with Gasteiger partial charge in [0.25, 0.3) is 5.91 Å². The highest BCUT2D eigenvalue weighted by Crippen LogP contribution is 2.22. The van der Waals surface area contributed by atoms with E-state index in [2.05, 4.69) is 5.32 Å². The van der Waals surface area contributed by atoms with Crippen LogP contribution in [0.2, 0.25) is 5.02 Å². The number of aromatic hydroxyl groups is 1. The fraction of sp³-hybridized carbons (Fsp3) is 0.118. The number of amides is 1. The van der Waals surface area contributed by atoms with Crippen LogP contribution >= 0.6 is 11.6 Å². The summed E-state index contributed by atoms with van der Waals surface area (Å²) in [6, 6.07) is 12.7. The van der Waals surface area contributed by atoms with Crippen LogP contribution in [0.15, 0.2) is 42.5 Å². The van der Waals surface area contributed by atoms with E-state index in [0.717, 1.165) is 5.56 Å². The molecule has 0 radical (unpaired) electrons. The van der Waals surface area contributed by atoms with Crippen LogP contribution in [0.1, 0.15) is 15.9 Å². The van der Waals surface area contributed by atoms with Gasteiger partial charge in [0.1, 0.15) is 11.3 Å². The maximum Gasteiger partial charge on any atom is 0.342 e. The zero-order valence-electron chi connectivity index (χ0n) is 12.5. The Bertz CT molecular complexity index is 797. The summed E-state index contributed by atoms with van der Waals surface area (Å²) in [6.45, 7) is -0.509. The second-order valence-electron chi connectivity index (χ2n) is 4.82. The monoisotopic (exact) mass is 344 g/mol. The molecule has 2 aromatic carbocycles. The third-order valence-corrected chi connectivity index (χ3v) is 3.27. The molecule has 0 spiro atoms. The van der Waals surface area contributed by atoms with Crippen molar-refractivity contribution in [3.05, 3.63) is 58.6 Å². The summed E-state index contributed by atoms with van der Waals surface area (Å²) < 4.78 is 4.85. The van der Waals surface area contributed by atoms with Gasteiger partial charge in [0.05, 0.1) is 12.5 Å². The van der Waals surface area contributed by atoms with Gasteiger partial charge in [0.2, 0.25) is 0 Å². The van der Waals surface area contributed by atoms with Crippen molar-refractivity contribution in [1.29, 1.82) is 5.26 Å². The first-order chi connectivity index (χ1) is 11.5. The lowest BCUT2D eigenvalue weighted by molar-refractivity contribution is -0.119. The smallest absolute Gasteiger partial charge is 0.342 e. The van der Waals surface area contributed by atoms with Gasteiger partial charge in [0.15, 0.2) is 6.61 Å². The molecule has 0 fully saturated rings. The summed E-state index contributed by atoms with van der Waals surface area (Å²) in [7, 11) is 0. The zero-order chi connectivity index (χ0) is 17.5. The topological polar surface area (TPSA) is 99.4 Å². The summed E-state index contributed by atoms with van der Waals surface area (Å²) in [4.78, 5) is 23.6. The molecule has 0 aliphatic carbocycles. The zero-order valence-corrected chi connectivity index (χ0v) is 13.2. The highest BCUT2D eigenvalue weighted by molar-refractivity contribution is 6.31. The number of carbonyl (C=O) groups is 2. The molecule has 0 aromatic heterocycles. The molecule has 0 aliphatic heterocycles. The van der Waals surface area contributed by atoms with Crippen molar-refractivity contribution >= 4 is 29.2 Å². The van der Waals surface area contributed by atoms with E-state index in [1.165, 1.54) is 18.2 Å². The highest BCUT2D eigenvalue weighted by Gasteiger charge is 2.15. The number of hydrogen-bond donors (Lipinski definition) is 2. The Morgan fingerprint density at radius 3 is 2.58 bits per heavy atom. The number of rotatable bonds is 5. The van der Waals surface area contributed by atoms with Crippen molar-refractivity contribution in [2.45, 2.75) is 6.42 Å². The summed E-state index contributed by atoms with van der Waals surface area (Å²) in [5.41, 5.74) is 1.23. The van der Waals surface area contributed by atoms with E-state index in [-0.39, 0.29) is 22.8 Å². The first-order valence-corrected chi connectivity index (χ1v) is 7.29. The van der Waals surface area contributed by atoms with E-state index >= 15 is 0 Å². The van der Waals surface area contributed by atoms with Gasteiger partial charge in [-0.2, -0.15) is 5.26 Å². The van der Waals surface area contributed by atoms with Crippen LogP contribution in [0.3, 0.4) is 0 Å². The Morgan fingerprint density at radius 1 is 1.21 bits per heavy atom. The van der Waals surface area contributed by atoms with Gasteiger partial charge >= 0.3 is 5.97 Å². The Labute approximate surface area is 143 Å². The maximum absolute atomic E-state index is 11.8. The lowest BCUT2D eigenvalue weighted by Gasteiger charge is -2.08. The molecule has 0 atom stereocenters. The molecule has 0 heterocycles. The van der Waals surface area contributed by atoms with Gasteiger partial charge in [-0.1, -0.05) is 23.7 Å². The highest BCUT2D eigenvalue weighted by atomic mass is 35.5. The molecule has 122 valence electrons. The molecule has 2 rings (SSSR count). The standard InChI is InChI=1S/C17H13ClN2O4/c18-12-3-6-15(21)14(9-12)17(23)24-10-16(22)20-13-4-1-11(2-5-13)7-8-19/h1-6,9,21H,7,10H2,(H,20,22). The van der Waals surface area contributed by atoms with Crippen LogP contribution in [-0.4, -0.2) is 23.6 Å². The van der Waals surface area contributed by atoms with E-state index in [9.17, 15) is 14.7 Å². The number of hydrogen-bond acceptors (Lipinski definition) is 5. The fourth-order valence-electron chi connectivity index (χ4n) is 1.87. The summed E-state index contributed by atoms with van der Waals surface area (Å²) in [5.74, 6) is -1.66. The van der Waals surface area contributed by atoms with Crippen LogP contribution in [-0.2, 0) is 16.0 Å². The number of nitrogens with zero attached hydrogens (tertiary/aromatic N) is 1. The maximum atomic E-state index is 11.8. The molecule has 2 N–H and O–H groups in total. The predicted octanol–water partition coefficient (Wildman–Crippen LogP) is 2.91. The summed E-state index contributed by atoms with van der Waals surface area (Å²) in [5, 5.41) is 21.0. The Hall–Kier alpha value is -3.04. The van der Waals surface area contributed by atoms with E-state index in [0.29, 0.717) is 5.69 Å². The third-order valence-electron chi connectivity index (χ3n) is 3.03. The van der Waals surface area contributed by atoms with Crippen molar-refractivity contribution < 1.29 is 19.4 Å². The molecule has 0 bridgehead atoms. The molecule has 6 nitrogen and oxygen atoms in total. The van der Waals surface area contributed by atoms with Crippen LogP contribution in [0.5, 0.6) is 5.75 Å². The average molecular weight is 345 g/mol. The minimum Gasteiger partial charge on any atom is -0.507 e. The second-order valence-corrected chi connectivity index (χ2v) is 5.25. The Balaban J connectivity index is 1.89. The van der Waals surface area contributed by atoms with Crippen LogP contribution in [0.4, 0.5) is 5.69 Å².